The van der Waals surface area contributed by atoms with Gasteiger partial charge in [-0.15, -0.1) is 0 Å². The van der Waals surface area contributed by atoms with Crippen molar-refractivity contribution < 1.29 is 4.79 Å². The van der Waals surface area contributed by atoms with Crippen molar-refractivity contribution in [3.05, 3.63) is 35.4 Å². The van der Waals surface area contributed by atoms with Crippen molar-refractivity contribution in [2.75, 3.05) is 7.05 Å². The van der Waals surface area contributed by atoms with Crippen LogP contribution in [-0.4, -0.2) is 17.9 Å². The van der Waals surface area contributed by atoms with E-state index in [4.69, 9.17) is 0 Å². The predicted octanol–water partition coefficient (Wildman–Crippen LogP) is 2.86. The Bertz CT molecular complexity index is 396. The smallest absolute Gasteiger partial charge is 0.226 e. The van der Waals surface area contributed by atoms with Crippen LogP contribution in [0, 0.1) is 11.8 Å². The number of aryl methyl sites for hydroxylation is 1. The molecule has 0 spiro atoms. The Balaban J connectivity index is 1.93. The number of carbonyl (C=O) groups is 1. The van der Waals surface area contributed by atoms with Crippen LogP contribution < -0.4 is 0 Å². The van der Waals surface area contributed by atoms with Crippen LogP contribution >= 0.6 is 0 Å². The van der Waals surface area contributed by atoms with Gasteiger partial charge < -0.3 is 4.90 Å². The van der Waals surface area contributed by atoms with Crippen LogP contribution in [0.15, 0.2) is 24.3 Å². The molecule has 0 N–H and O–H groups in total. The predicted molar refractivity (Wildman–Crippen MR) is 69.6 cm³/mol. The van der Waals surface area contributed by atoms with Crippen molar-refractivity contribution in [3.8, 4) is 0 Å². The molecule has 1 aromatic rings. The summed E-state index contributed by atoms with van der Waals surface area (Å²) in [6.45, 7) is 5.03. The van der Waals surface area contributed by atoms with Crippen LogP contribution in [0.2, 0.25) is 0 Å². The van der Waals surface area contributed by atoms with E-state index in [1.54, 1.807) is 0 Å². The molecule has 0 radical (unpaired) electrons. The molecule has 0 heterocycles. The van der Waals surface area contributed by atoms with Crippen LogP contribution in [0.25, 0.3) is 0 Å². The minimum atomic E-state index is 0.287. The Morgan fingerprint density at radius 3 is 2.29 bits per heavy atom. The first-order chi connectivity index (χ1) is 8.11. The third-order valence-electron chi connectivity index (χ3n) is 3.65. The Labute approximate surface area is 104 Å². The second-order valence-electron chi connectivity index (χ2n) is 5.18. The van der Waals surface area contributed by atoms with Crippen molar-refractivity contribution in [1.29, 1.82) is 0 Å². The fourth-order valence-corrected chi connectivity index (χ4v) is 2.18. The van der Waals surface area contributed by atoms with Gasteiger partial charge in [-0.2, -0.15) is 0 Å². The van der Waals surface area contributed by atoms with Gasteiger partial charge in [-0.1, -0.05) is 38.1 Å². The lowest BCUT2D eigenvalue weighted by atomic mass is 10.1. The lowest BCUT2D eigenvalue weighted by Crippen LogP contribution is -2.28. The zero-order valence-corrected chi connectivity index (χ0v) is 10.9. The Kier molecular flexibility index (Phi) is 3.51. The maximum atomic E-state index is 12.0. The number of benzene rings is 1. The van der Waals surface area contributed by atoms with E-state index in [0.717, 1.165) is 19.4 Å². The van der Waals surface area contributed by atoms with Gasteiger partial charge in [-0.05, 0) is 29.9 Å². The minimum absolute atomic E-state index is 0.287. The van der Waals surface area contributed by atoms with Crippen molar-refractivity contribution in [2.24, 2.45) is 11.8 Å². The average molecular weight is 231 g/mol. The van der Waals surface area contributed by atoms with Gasteiger partial charge >= 0.3 is 0 Å². The first kappa shape index (κ1) is 12.2. The molecule has 0 aromatic heterocycles. The standard InChI is InChI=1S/C15H21NO/c1-4-12-5-7-13(8-6-12)10-16(3)15(17)14-9-11(14)2/h5-8,11,14H,4,9-10H2,1-3H3. The molecule has 1 amide bonds. The van der Waals surface area contributed by atoms with E-state index in [1.807, 2.05) is 11.9 Å². The molecule has 17 heavy (non-hydrogen) atoms. The van der Waals surface area contributed by atoms with Crippen LogP contribution in [0.5, 0.6) is 0 Å². The highest BCUT2D eigenvalue weighted by Crippen LogP contribution is 2.39. The van der Waals surface area contributed by atoms with E-state index in [-0.39, 0.29) is 5.92 Å². The van der Waals surface area contributed by atoms with Crippen molar-refractivity contribution in [1.82, 2.24) is 4.90 Å². The summed E-state index contributed by atoms with van der Waals surface area (Å²) in [5.74, 6) is 1.18. The zero-order chi connectivity index (χ0) is 12.4. The lowest BCUT2D eigenvalue weighted by molar-refractivity contribution is -0.132. The van der Waals surface area contributed by atoms with Crippen LogP contribution in [0.3, 0.4) is 0 Å². The molecule has 2 unspecified atom stereocenters. The number of amides is 1. The molecule has 92 valence electrons. The van der Waals surface area contributed by atoms with Crippen LogP contribution in [0.1, 0.15) is 31.4 Å². The van der Waals surface area contributed by atoms with Crippen molar-refractivity contribution >= 4 is 5.91 Å². The molecule has 1 aliphatic carbocycles. The quantitative estimate of drug-likeness (QED) is 0.780. The fourth-order valence-electron chi connectivity index (χ4n) is 2.18. The Morgan fingerprint density at radius 2 is 1.82 bits per heavy atom. The van der Waals surface area contributed by atoms with Gasteiger partial charge in [-0.3, -0.25) is 4.79 Å². The molecule has 0 saturated heterocycles. The minimum Gasteiger partial charge on any atom is -0.341 e. The topological polar surface area (TPSA) is 20.3 Å². The van der Waals surface area contributed by atoms with Gasteiger partial charge in [0.2, 0.25) is 5.91 Å². The van der Waals surface area contributed by atoms with Crippen LogP contribution in [0.4, 0.5) is 0 Å². The SMILES string of the molecule is CCc1ccc(CN(C)C(=O)C2CC2C)cc1. The molecule has 1 aromatic carbocycles. The zero-order valence-electron chi connectivity index (χ0n) is 10.9. The highest BCUT2D eigenvalue weighted by molar-refractivity contribution is 5.81. The molecule has 2 rings (SSSR count). The second-order valence-corrected chi connectivity index (χ2v) is 5.18. The molecule has 2 nitrogen and oxygen atoms in total. The van der Waals surface area contributed by atoms with E-state index < -0.39 is 0 Å². The van der Waals surface area contributed by atoms with Gasteiger partial charge in [0.1, 0.15) is 0 Å². The Hall–Kier alpha value is -1.31. The van der Waals surface area contributed by atoms with E-state index in [2.05, 4.69) is 38.1 Å². The number of hydrogen-bond donors (Lipinski definition) is 0. The first-order valence-corrected chi connectivity index (χ1v) is 6.44. The summed E-state index contributed by atoms with van der Waals surface area (Å²) < 4.78 is 0. The summed E-state index contributed by atoms with van der Waals surface area (Å²) in [7, 11) is 1.90. The van der Waals surface area contributed by atoms with E-state index in [9.17, 15) is 4.79 Å². The Morgan fingerprint density at radius 1 is 1.29 bits per heavy atom. The molecule has 2 heteroatoms. The average Bonchev–Trinajstić information content (AvgIpc) is 3.06. The second kappa shape index (κ2) is 4.91. The van der Waals surface area contributed by atoms with E-state index in [0.29, 0.717) is 11.8 Å². The summed E-state index contributed by atoms with van der Waals surface area (Å²) in [4.78, 5) is 13.8. The highest BCUT2D eigenvalue weighted by Gasteiger charge is 2.40. The number of nitrogens with zero attached hydrogens (tertiary/aromatic N) is 1. The first-order valence-electron chi connectivity index (χ1n) is 6.44. The van der Waals surface area contributed by atoms with Crippen molar-refractivity contribution in [2.45, 2.75) is 33.2 Å². The molecular weight excluding hydrogens is 210 g/mol. The van der Waals surface area contributed by atoms with Gasteiger partial charge in [-0.25, -0.2) is 0 Å². The maximum absolute atomic E-state index is 12.0. The summed E-state index contributed by atoms with van der Waals surface area (Å²) in [5.41, 5.74) is 2.56. The monoisotopic (exact) mass is 231 g/mol. The van der Waals surface area contributed by atoms with Gasteiger partial charge in [0.05, 0.1) is 0 Å². The number of hydrogen-bond acceptors (Lipinski definition) is 1. The van der Waals surface area contributed by atoms with Gasteiger partial charge in [0.15, 0.2) is 0 Å². The molecule has 1 saturated carbocycles. The number of carbonyl (C=O) groups excluding carboxylic acids is 1. The molecule has 1 fully saturated rings. The highest BCUT2D eigenvalue weighted by atomic mass is 16.2. The lowest BCUT2D eigenvalue weighted by Gasteiger charge is -2.17. The summed E-state index contributed by atoms with van der Waals surface area (Å²) in [6.07, 6.45) is 2.13. The summed E-state index contributed by atoms with van der Waals surface area (Å²) in [6, 6.07) is 8.54. The molecule has 1 aliphatic rings. The normalized spacial score (nSPS) is 22.3. The molecule has 0 aliphatic heterocycles. The summed E-state index contributed by atoms with van der Waals surface area (Å²) in [5, 5.41) is 0. The summed E-state index contributed by atoms with van der Waals surface area (Å²) >= 11 is 0. The van der Waals surface area contributed by atoms with Gasteiger partial charge in [0, 0.05) is 19.5 Å². The third-order valence-corrected chi connectivity index (χ3v) is 3.65. The van der Waals surface area contributed by atoms with Crippen molar-refractivity contribution in [3.63, 3.8) is 0 Å². The largest absolute Gasteiger partial charge is 0.341 e. The van der Waals surface area contributed by atoms with Crippen LogP contribution in [-0.2, 0) is 17.8 Å². The number of rotatable bonds is 4. The molecular formula is C15H21NO. The van der Waals surface area contributed by atoms with E-state index >= 15 is 0 Å². The molecule has 0 bridgehead atoms. The molecule has 2 atom stereocenters. The maximum Gasteiger partial charge on any atom is 0.226 e. The fraction of sp³-hybridized carbons (Fsp3) is 0.533. The van der Waals surface area contributed by atoms with E-state index in [1.165, 1.54) is 11.1 Å². The third kappa shape index (κ3) is 2.87. The van der Waals surface area contributed by atoms with Gasteiger partial charge in [0.25, 0.3) is 0 Å².